The average Bonchev–Trinajstić information content (AvgIpc) is 3.21. The van der Waals surface area contributed by atoms with Gasteiger partial charge in [0.05, 0.1) is 12.5 Å². The Balaban J connectivity index is 1.46. The maximum Gasteiger partial charge on any atom is 0.226 e. The van der Waals surface area contributed by atoms with Crippen molar-refractivity contribution in [3.05, 3.63) is 71.4 Å². The van der Waals surface area contributed by atoms with Gasteiger partial charge < -0.3 is 10.2 Å². The van der Waals surface area contributed by atoms with Crippen molar-refractivity contribution in [2.75, 3.05) is 18.4 Å². The number of fused-ring (bicyclic) bond motifs is 1. The van der Waals surface area contributed by atoms with Crippen LogP contribution in [0.4, 0.5) is 5.69 Å². The number of carbonyl (C=O) groups excluding carboxylic acids is 2. The summed E-state index contributed by atoms with van der Waals surface area (Å²) in [6.07, 6.45) is 6.45. The molecule has 5 heteroatoms. The van der Waals surface area contributed by atoms with Gasteiger partial charge in [-0.3, -0.25) is 14.5 Å². The molecule has 2 aliphatic rings. The van der Waals surface area contributed by atoms with Crippen LogP contribution in [0.5, 0.6) is 0 Å². The zero-order valence-corrected chi connectivity index (χ0v) is 16.8. The molecule has 2 heterocycles. The van der Waals surface area contributed by atoms with Gasteiger partial charge in [-0.15, -0.1) is 0 Å². The number of carbonyl (C=O) groups is 2. The Kier molecular flexibility index (Phi) is 5.76. The lowest BCUT2D eigenvalue weighted by molar-refractivity contribution is -0.129. The van der Waals surface area contributed by atoms with E-state index in [0.717, 1.165) is 36.4 Å². The summed E-state index contributed by atoms with van der Waals surface area (Å²) in [7, 11) is 0. The number of nitrogens with zero attached hydrogens (tertiary/aromatic N) is 2. The van der Waals surface area contributed by atoms with Gasteiger partial charge in [0.25, 0.3) is 0 Å². The Morgan fingerprint density at radius 1 is 1.07 bits per heavy atom. The third kappa shape index (κ3) is 4.57. The van der Waals surface area contributed by atoms with E-state index in [1.165, 1.54) is 25.3 Å². The molecule has 0 aromatic heterocycles. The summed E-state index contributed by atoms with van der Waals surface area (Å²) in [5.74, 6) is -0.161. The SMILES string of the molecule is CC(=O)N1C=Cc2ccccc2C1CC(=O)Nc1cccc(CN2CCCC2)c1. The molecule has 1 atom stereocenters. The van der Waals surface area contributed by atoms with E-state index in [1.54, 1.807) is 11.1 Å². The highest BCUT2D eigenvalue weighted by Gasteiger charge is 2.28. The second-order valence-corrected chi connectivity index (χ2v) is 7.82. The molecule has 0 bridgehead atoms. The summed E-state index contributed by atoms with van der Waals surface area (Å²) in [5.41, 5.74) is 4.07. The van der Waals surface area contributed by atoms with Gasteiger partial charge in [0.15, 0.2) is 0 Å². The Morgan fingerprint density at radius 2 is 1.86 bits per heavy atom. The highest BCUT2D eigenvalue weighted by Crippen LogP contribution is 2.33. The number of hydrogen-bond acceptors (Lipinski definition) is 3. The zero-order chi connectivity index (χ0) is 20.2. The van der Waals surface area contributed by atoms with Crippen LogP contribution in [0.3, 0.4) is 0 Å². The van der Waals surface area contributed by atoms with E-state index in [0.29, 0.717) is 0 Å². The lowest BCUT2D eigenvalue weighted by Crippen LogP contribution is -2.33. The normalized spacial score (nSPS) is 18.5. The van der Waals surface area contributed by atoms with Gasteiger partial charge in [0, 0.05) is 25.4 Å². The largest absolute Gasteiger partial charge is 0.326 e. The standard InChI is InChI=1S/C24H27N3O2/c1-18(28)27-14-11-20-8-2-3-10-22(20)23(27)16-24(29)25-21-9-6-7-19(15-21)17-26-12-4-5-13-26/h2-3,6-11,14-15,23H,4-5,12-13,16-17H2,1H3,(H,25,29). The van der Waals surface area contributed by atoms with Crippen LogP contribution in [0.2, 0.25) is 0 Å². The molecule has 2 amide bonds. The Bertz CT molecular complexity index is 931. The molecule has 29 heavy (non-hydrogen) atoms. The zero-order valence-electron chi connectivity index (χ0n) is 16.8. The fraction of sp³-hybridized carbons (Fsp3) is 0.333. The molecule has 2 aliphatic heterocycles. The number of anilines is 1. The van der Waals surface area contributed by atoms with Crippen LogP contribution < -0.4 is 5.32 Å². The molecule has 150 valence electrons. The first-order valence-electron chi connectivity index (χ1n) is 10.3. The summed E-state index contributed by atoms with van der Waals surface area (Å²) in [5, 5.41) is 3.03. The quantitative estimate of drug-likeness (QED) is 0.834. The number of amides is 2. The minimum atomic E-state index is -0.290. The molecule has 1 fully saturated rings. The number of likely N-dealkylation sites (tertiary alicyclic amines) is 1. The summed E-state index contributed by atoms with van der Waals surface area (Å²) >= 11 is 0. The van der Waals surface area contributed by atoms with Crippen molar-refractivity contribution in [3.63, 3.8) is 0 Å². The Morgan fingerprint density at radius 3 is 2.66 bits per heavy atom. The van der Waals surface area contributed by atoms with Crippen molar-refractivity contribution in [3.8, 4) is 0 Å². The molecule has 1 N–H and O–H groups in total. The lowest BCUT2D eigenvalue weighted by atomic mass is 9.93. The summed E-state index contributed by atoms with van der Waals surface area (Å²) in [6, 6.07) is 15.7. The molecule has 5 nitrogen and oxygen atoms in total. The third-order valence-corrected chi connectivity index (χ3v) is 5.66. The molecular weight excluding hydrogens is 362 g/mol. The summed E-state index contributed by atoms with van der Waals surface area (Å²) in [4.78, 5) is 29.0. The number of hydrogen-bond donors (Lipinski definition) is 1. The maximum atomic E-state index is 12.8. The first-order chi connectivity index (χ1) is 14.1. The Labute approximate surface area is 172 Å². The molecule has 0 radical (unpaired) electrons. The predicted molar refractivity (Wildman–Crippen MR) is 115 cm³/mol. The van der Waals surface area contributed by atoms with Crippen LogP contribution in [-0.4, -0.2) is 34.7 Å². The van der Waals surface area contributed by atoms with Crippen LogP contribution in [0.25, 0.3) is 6.08 Å². The van der Waals surface area contributed by atoms with E-state index in [1.807, 2.05) is 48.5 Å². The van der Waals surface area contributed by atoms with Crippen LogP contribution in [-0.2, 0) is 16.1 Å². The Hall–Kier alpha value is -2.92. The van der Waals surface area contributed by atoms with E-state index in [9.17, 15) is 9.59 Å². The predicted octanol–water partition coefficient (Wildman–Crippen LogP) is 4.19. The summed E-state index contributed by atoms with van der Waals surface area (Å²) < 4.78 is 0. The lowest BCUT2D eigenvalue weighted by Gasteiger charge is -2.32. The van der Waals surface area contributed by atoms with Crippen LogP contribution in [0.15, 0.2) is 54.7 Å². The molecule has 4 rings (SSSR count). The van der Waals surface area contributed by atoms with Crippen molar-refractivity contribution in [2.45, 2.75) is 38.8 Å². The van der Waals surface area contributed by atoms with E-state index in [4.69, 9.17) is 0 Å². The van der Waals surface area contributed by atoms with Gasteiger partial charge in [0.1, 0.15) is 0 Å². The molecule has 1 unspecified atom stereocenters. The van der Waals surface area contributed by atoms with Gasteiger partial charge in [-0.1, -0.05) is 36.4 Å². The van der Waals surface area contributed by atoms with Crippen molar-refractivity contribution in [1.29, 1.82) is 0 Å². The van der Waals surface area contributed by atoms with Gasteiger partial charge in [-0.05, 0) is 60.8 Å². The molecule has 2 aromatic rings. The van der Waals surface area contributed by atoms with Crippen LogP contribution in [0, 0.1) is 0 Å². The fourth-order valence-corrected chi connectivity index (χ4v) is 4.25. The van der Waals surface area contributed by atoms with Gasteiger partial charge in [-0.2, -0.15) is 0 Å². The van der Waals surface area contributed by atoms with E-state index in [2.05, 4.69) is 16.3 Å². The minimum Gasteiger partial charge on any atom is -0.326 e. The number of benzene rings is 2. The van der Waals surface area contributed by atoms with Crippen LogP contribution >= 0.6 is 0 Å². The topological polar surface area (TPSA) is 52.7 Å². The number of rotatable bonds is 5. The molecular formula is C24H27N3O2. The van der Waals surface area contributed by atoms with Gasteiger partial charge in [-0.25, -0.2) is 0 Å². The molecule has 2 aromatic carbocycles. The fourth-order valence-electron chi connectivity index (χ4n) is 4.25. The monoisotopic (exact) mass is 389 g/mol. The maximum absolute atomic E-state index is 12.8. The molecule has 0 aliphatic carbocycles. The van der Waals surface area contributed by atoms with Gasteiger partial charge >= 0.3 is 0 Å². The number of nitrogens with one attached hydrogen (secondary N) is 1. The average molecular weight is 389 g/mol. The summed E-state index contributed by atoms with van der Waals surface area (Å²) in [6.45, 7) is 4.74. The highest BCUT2D eigenvalue weighted by atomic mass is 16.2. The first kappa shape index (κ1) is 19.4. The molecule has 1 saturated heterocycles. The second-order valence-electron chi connectivity index (χ2n) is 7.82. The van der Waals surface area contributed by atoms with Crippen molar-refractivity contribution in [2.24, 2.45) is 0 Å². The van der Waals surface area contributed by atoms with Crippen molar-refractivity contribution < 1.29 is 9.59 Å². The first-order valence-corrected chi connectivity index (χ1v) is 10.3. The smallest absolute Gasteiger partial charge is 0.226 e. The van der Waals surface area contributed by atoms with Crippen molar-refractivity contribution in [1.82, 2.24) is 9.80 Å². The minimum absolute atomic E-state index is 0.0684. The van der Waals surface area contributed by atoms with Gasteiger partial charge in [0.2, 0.25) is 11.8 Å². The van der Waals surface area contributed by atoms with Crippen LogP contribution in [0.1, 0.15) is 48.9 Å². The third-order valence-electron chi connectivity index (χ3n) is 5.66. The van der Waals surface area contributed by atoms with E-state index < -0.39 is 0 Å². The second kappa shape index (κ2) is 8.62. The van der Waals surface area contributed by atoms with E-state index >= 15 is 0 Å². The van der Waals surface area contributed by atoms with E-state index in [-0.39, 0.29) is 24.3 Å². The molecule has 0 saturated carbocycles. The molecule has 0 spiro atoms. The highest BCUT2D eigenvalue weighted by molar-refractivity contribution is 5.92. The van der Waals surface area contributed by atoms with Crippen molar-refractivity contribution >= 4 is 23.6 Å².